The summed E-state index contributed by atoms with van der Waals surface area (Å²) in [7, 11) is -8.51. The van der Waals surface area contributed by atoms with Crippen molar-refractivity contribution < 1.29 is 70.4 Å². The lowest BCUT2D eigenvalue weighted by Gasteiger charge is -2.20. The number of anilines is 2. The van der Waals surface area contributed by atoms with E-state index in [1.54, 1.807) is 80.0 Å². The van der Waals surface area contributed by atoms with Gasteiger partial charge in [-0.15, -0.1) is 6.58 Å². The van der Waals surface area contributed by atoms with Gasteiger partial charge in [-0.25, -0.2) is 38.7 Å². The van der Waals surface area contributed by atoms with Crippen molar-refractivity contribution in [1.82, 2.24) is 49.0 Å². The zero-order chi connectivity index (χ0) is 55.6. The molecule has 0 saturated carbocycles. The predicted octanol–water partition coefficient (Wildman–Crippen LogP) is 6.58. The first kappa shape index (κ1) is 57.4. The summed E-state index contributed by atoms with van der Waals surface area (Å²) in [5, 5.41) is 15.1. The van der Waals surface area contributed by atoms with Crippen LogP contribution in [0.25, 0.3) is 22.3 Å². The molecule has 6 aromatic heterocycles. The van der Waals surface area contributed by atoms with E-state index in [4.69, 9.17) is 28.0 Å². The summed E-state index contributed by atoms with van der Waals surface area (Å²) in [6.07, 6.45) is -1.21. The van der Waals surface area contributed by atoms with E-state index in [1.165, 1.54) is 34.4 Å². The minimum atomic E-state index is -4.29. The van der Waals surface area contributed by atoms with Gasteiger partial charge in [0.15, 0.2) is 58.8 Å². The average Bonchev–Trinajstić information content (AvgIpc) is 4.35. The van der Waals surface area contributed by atoms with Gasteiger partial charge in [0, 0.05) is 24.4 Å². The number of nitrogens with zero attached hydrogens (tertiary/aromatic N) is 10. The number of hydrogen-bond donors (Lipinski definition) is 5. The van der Waals surface area contributed by atoms with Crippen LogP contribution in [0, 0.1) is 13.8 Å². The number of alkyl halides is 2. The molecule has 5 N–H and O–H groups in total. The van der Waals surface area contributed by atoms with E-state index in [9.17, 15) is 33.6 Å². The van der Waals surface area contributed by atoms with E-state index >= 15 is 8.78 Å². The standard InChI is InChI=1S/C26H28FN6O6P.C23H28FN6O7P/c1-3-19-22(37-15-40(35,36)38-12-18-11-16(2)9-10-28-18)20(27)26(39-19)33-14-31-21-23(29-13-30-24(21)33)32-25(34)17-7-5-4-6-8-17;1-3-4-5-17(32)29-21-19-22(27-11-26-21)30(12-28-19)23-18(24)20(16(9-31)37-23)35-13-38(33,34)36-10-15-8-14(2)6-7-25-15/h4-11,13-14,19-20,22,26H,3,12,15H2,1-2H3,(H,35,36)(H,29,30,32,34);3,6-8,11-12,16,18,20,23,31H,1,4-5,9-10,13H2,2H3,(H,33,34)(H,26,27,29,32)/t19-,20+,22?,26-;16-,18+,20?,23-/m11/s1. The zero-order valence-electron chi connectivity index (χ0n) is 42.3. The molecule has 2 aliphatic heterocycles. The van der Waals surface area contributed by atoms with Crippen LogP contribution in [-0.4, -0.2) is 132 Å². The lowest BCUT2D eigenvalue weighted by molar-refractivity contribution is -0.116. The molecule has 0 bridgehead atoms. The van der Waals surface area contributed by atoms with Crippen LogP contribution in [0.1, 0.15) is 71.5 Å². The van der Waals surface area contributed by atoms with Gasteiger partial charge >= 0.3 is 15.2 Å². The van der Waals surface area contributed by atoms with Gasteiger partial charge in [0.2, 0.25) is 5.91 Å². The van der Waals surface area contributed by atoms with Crippen molar-refractivity contribution in [3.05, 3.63) is 133 Å². The minimum absolute atomic E-state index is 0.143. The molecule has 25 nitrogen and oxygen atoms in total. The van der Waals surface area contributed by atoms with Crippen molar-refractivity contribution in [3.63, 3.8) is 0 Å². The fourth-order valence-corrected chi connectivity index (χ4v) is 9.83. The second kappa shape index (κ2) is 25.8. The number of rotatable bonds is 22. The number of imidazole rings is 2. The highest BCUT2D eigenvalue weighted by atomic mass is 31.2. The Morgan fingerprint density at radius 1 is 0.731 bits per heavy atom. The number of allylic oxidation sites excluding steroid dienone is 1. The predicted molar refractivity (Wildman–Crippen MR) is 275 cm³/mol. The molecular weight excluding hydrogens is 1060 g/mol. The Kier molecular flexibility index (Phi) is 19.0. The minimum Gasteiger partial charge on any atom is -0.394 e. The molecule has 7 aromatic rings. The van der Waals surface area contributed by atoms with E-state index < -0.39 is 83.7 Å². The van der Waals surface area contributed by atoms with Crippen LogP contribution in [0.15, 0.2) is 105 Å². The number of aryl methyl sites for hydroxylation is 2. The van der Waals surface area contributed by atoms with Crippen molar-refractivity contribution in [2.45, 2.75) is 102 Å². The average molecular weight is 1120 g/mol. The second-order valence-electron chi connectivity index (χ2n) is 17.9. The number of carbonyl (C=O) groups excluding carboxylic acids is 2. The van der Waals surface area contributed by atoms with E-state index in [0.717, 1.165) is 11.1 Å². The second-order valence-corrected chi connectivity index (χ2v) is 21.5. The summed E-state index contributed by atoms with van der Waals surface area (Å²) >= 11 is 0. The van der Waals surface area contributed by atoms with E-state index in [0.29, 0.717) is 29.8 Å². The van der Waals surface area contributed by atoms with Crippen molar-refractivity contribution in [3.8, 4) is 0 Å². The number of fused-ring (bicyclic) bond motifs is 2. The largest absolute Gasteiger partial charge is 0.394 e. The van der Waals surface area contributed by atoms with Gasteiger partial charge in [-0.1, -0.05) is 31.2 Å². The number of aromatic nitrogens is 10. The number of carbonyl (C=O) groups is 2. The number of aliphatic hydroxyl groups excluding tert-OH is 1. The zero-order valence-corrected chi connectivity index (χ0v) is 44.1. The molecule has 0 aliphatic carbocycles. The summed E-state index contributed by atoms with van der Waals surface area (Å²) < 4.78 is 91.9. The Hall–Kier alpha value is -6.74. The Labute approximate surface area is 444 Å². The monoisotopic (exact) mass is 1120 g/mol. The molecule has 78 heavy (non-hydrogen) atoms. The third-order valence-corrected chi connectivity index (χ3v) is 14.1. The van der Waals surface area contributed by atoms with Crippen LogP contribution in [0.3, 0.4) is 0 Å². The summed E-state index contributed by atoms with van der Waals surface area (Å²) in [5.41, 5.74) is 4.07. The molecule has 0 radical (unpaired) electrons. The Morgan fingerprint density at radius 2 is 1.23 bits per heavy atom. The third kappa shape index (κ3) is 14.1. The van der Waals surface area contributed by atoms with Gasteiger partial charge in [-0.3, -0.25) is 37.8 Å². The van der Waals surface area contributed by atoms with Crippen LogP contribution in [0.2, 0.25) is 0 Å². The Morgan fingerprint density at radius 3 is 1.72 bits per heavy atom. The molecule has 9 rings (SSSR count). The highest BCUT2D eigenvalue weighted by Gasteiger charge is 2.49. The fraction of sp³-hybridized carbons (Fsp3) is 0.388. The van der Waals surface area contributed by atoms with Crippen LogP contribution >= 0.6 is 15.2 Å². The topological polar surface area (TPSA) is 321 Å². The van der Waals surface area contributed by atoms with E-state index in [2.05, 4.69) is 57.1 Å². The maximum atomic E-state index is 15.7. The number of halogens is 2. The van der Waals surface area contributed by atoms with Crippen molar-refractivity contribution in [1.29, 1.82) is 0 Å². The fourth-order valence-electron chi connectivity index (χ4n) is 8.29. The van der Waals surface area contributed by atoms with E-state index in [-0.39, 0.29) is 65.4 Å². The van der Waals surface area contributed by atoms with E-state index in [1.807, 2.05) is 13.8 Å². The van der Waals surface area contributed by atoms with Crippen molar-refractivity contribution in [2.75, 3.05) is 29.9 Å². The maximum absolute atomic E-state index is 15.7. The summed E-state index contributed by atoms with van der Waals surface area (Å²) in [5.74, 6) is -0.386. The number of benzene rings is 1. The molecule has 8 heterocycles. The lowest BCUT2D eigenvalue weighted by Crippen LogP contribution is -2.34. The molecule has 0 spiro atoms. The molecule has 1 aromatic carbocycles. The van der Waals surface area contributed by atoms with Crippen molar-refractivity contribution in [2.24, 2.45) is 0 Å². The first-order chi connectivity index (χ1) is 37.5. The van der Waals surface area contributed by atoms with Crippen LogP contribution in [0.5, 0.6) is 0 Å². The first-order valence-electron chi connectivity index (χ1n) is 24.3. The normalized spacial score (nSPS) is 22.6. The number of aliphatic hydroxyl groups is 1. The lowest BCUT2D eigenvalue weighted by atomic mass is 10.1. The van der Waals surface area contributed by atoms with Gasteiger partial charge in [0.25, 0.3) is 5.91 Å². The summed E-state index contributed by atoms with van der Waals surface area (Å²) in [6.45, 7) is 8.04. The number of pyridine rings is 2. The first-order valence-corrected chi connectivity index (χ1v) is 27.8. The van der Waals surface area contributed by atoms with Gasteiger partial charge in [-0.2, -0.15) is 0 Å². The van der Waals surface area contributed by atoms with Gasteiger partial charge in [0.1, 0.15) is 43.7 Å². The molecule has 10 atom stereocenters. The Bertz CT molecular complexity index is 3310. The van der Waals surface area contributed by atoms with Crippen LogP contribution in [-0.2, 0) is 55.1 Å². The number of ether oxygens (including phenoxy) is 4. The SMILES string of the molecule is C=CCCC(=O)Nc1ncnc2c1ncn2[C@@H]1O[C@H](CO)C(OCP(=O)(O)OCc2cc(C)ccn2)[C@@H]1F.CC[C@H]1O[C@@H](n2cnc3c(NC(=O)c4ccccc4)ncnc32)[C@@H](F)C1OCP(=O)(O)OCc1cc(C)ccn1. The quantitative estimate of drug-likeness (QED) is 0.0353. The van der Waals surface area contributed by atoms with Crippen LogP contribution in [0.4, 0.5) is 20.4 Å². The van der Waals surface area contributed by atoms with Crippen LogP contribution < -0.4 is 10.6 Å². The summed E-state index contributed by atoms with van der Waals surface area (Å²) in [6, 6.07) is 15.6. The number of amides is 2. The van der Waals surface area contributed by atoms with Gasteiger partial charge in [0.05, 0.1) is 50.0 Å². The molecule has 2 saturated heterocycles. The van der Waals surface area contributed by atoms with Gasteiger partial charge < -0.3 is 53.5 Å². The smallest absolute Gasteiger partial charge is 0.353 e. The molecule has 2 aliphatic rings. The molecular formula is C49H56F2N12O13P2. The Balaban J connectivity index is 0.000000206. The highest BCUT2D eigenvalue weighted by Crippen LogP contribution is 2.47. The molecule has 2 amide bonds. The number of hydrogen-bond acceptors (Lipinski definition) is 19. The number of nitrogens with one attached hydrogen (secondary N) is 2. The third-order valence-electron chi connectivity index (χ3n) is 12.1. The van der Waals surface area contributed by atoms with Crippen molar-refractivity contribution >= 4 is 61.0 Å². The maximum Gasteiger partial charge on any atom is 0.353 e. The van der Waals surface area contributed by atoms with Gasteiger partial charge in [-0.05, 0) is 74.2 Å². The molecule has 414 valence electrons. The summed E-state index contributed by atoms with van der Waals surface area (Å²) in [4.78, 5) is 78.4. The highest BCUT2D eigenvalue weighted by molar-refractivity contribution is 7.52. The molecule has 4 unspecified atom stereocenters. The molecule has 2 fully saturated rings. The molecule has 29 heteroatoms.